The minimum absolute atomic E-state index is 0.144. The number of carbonyl (C=O) groups excluding carboxylic acids is 1. The summed E-state index contributed by atoms with van der Waals surface area (Å²) in [6.45, 7) is 1.30. The van der Waals surface area contributed by atoms with Crippen LogP contribution < -0.4 is 20.7 Å². The normalized spacial score (nSPS) is 18.5. The first-order chi connectivity index (χ1) is 13.0. The first kappa shape index (κ1) is 19.2. The van der Waals surface area contributed by atoms with Crippen molar-refractivity contribution < 1.29 is 17.9 Å². The zero-order chi connectivity index (χ0) is 19.3. The van der Waals surface area contributed by atoms with Gasteiger partial charge in [0.15, 0.2) is 9.84 Å². The summed E-state index contributed by atoms with van der Waals surface area (Å²) in [5.41, 5.74) is 2.29. The Morgan fingerprint density at radius 1 is 1.15 bits per heavy atom. The monoisotopic (exact) mass is 389 g/mol. The van der Waals surface area contributed by atoms with Crippen LogP contribution in [0.15, 0.2) is 48.5 Å². The van der Waals surface area contributed by atoms with Crippen molar-refractivity contribution in [1.29, 1.82) is 0 Å². The molecule has 2 aromatic rings. The predicted octanol–water partition coefficient (Wildman–Crippen LogP) is 2.08. The van der Waals surface area contributed by atoms with Crippen molar-refractivity contribution in [2.45, 2.75) is 11.8 Å². The molecular weight excluding hydrogens is 366 g/mol. The van der Waals surface area contributed by atoms with Gasteiger partial charge in [-0.3, -0.25) is 0 Å². The van der Waals surface area contributed by atoms with E-state index in [4.69, 9.17) is 4.74 Å². The van der Waals surface area contributed by atoms with Crippen LogP contribution in [-0.2, 0) is 16.4 Å². The van der Waals surface area contributed by atoms with Gasteiger partial charge in [0.2, 0.25) is 0 Å². The molecule has 1 unspecified atom stereocenters. The maximum Gasteiger partial charge on any atom is 0.319 e. The fraction of sp³-hybridized carbons (Fsp3) is 0.316. The Morgan fingerprint density at radius 3 is 2.48 bits per heavy atom. The van der Waals surface area contributed by atoms with Crippen LogP contribution in [0.4, 0.5) is 10.5 Å². The average molecular weight is 389 g/mol. The molecule has 0 bridgehead atoms. The van der Waals surface area contributed by atoms with Crippen LogP contribution in [0.5, 0.6) is 5.75 Å². The lowest BCUT2D eigenvalue weighted by molar-refractivity contribution is 0.251. The molecule has 2 aromatic carbocycles. The molecule has 27 heavy (non-hydrogen) atoms. The smallest absolute Gasteiger partial charge is 0.319 e. The molecule has 1 heterocycles. The first-order valence-electron chi connectivity index (χ1n) is 8.68. The van der Waals surface area contributed by atoms with Gasteiger partial charge in [-0.1, -0.05) is 24.3 Å². The second-order valence-corrected chi connectivity index (χ2v) is 8.64. The number of urea groups is 1. The highest BCUT2D eigenvalue weighted by Gasteiger charge is 2.29. The second kappa shape index (κ2) is 8.41. The van der Waals surface area contributed by atoms with Gasteiger partial charge >= 0.3 is 6.03 Å². The van der Waals surface area contributed by atoms with Crippen LogP contribution in [0.1, 0.15) is 16.4 Å². The second-order valence-electron chi connectivity index (χ2n) is 6.34. The highest BCUT2D eigenvalue weighted by molar-refractivity contribution is 7.91. The van der Waals surface area contributed by atoms with Crippen molar-refractivity contribution in [2.75, 3.05) is 31.3 Å². The van der Waals surface area contributed by atoms with Crippen molar-refractivity contribution in [3.05, 3.63) is 59.7 Å². The van der Waals surface area contributed by atoms with E-state index in [-0.39, 0.29) is 11.8 Å². The van der Waals surface area contributed by atoms with Gasteiger partial charge in [-0.15, -0.1) is 0 Å². The van der Waals surface area contributed by atoms with Crippen LogP contribution in [0.25, 0.3) is 0 Å². The van der Waals surface area contributed by atoms with Crippen LogP contribution >= 0.6 is 0 Å². The Labute approximate surface area is 159 Å². The van der Waals surface area contributed by atoms with Gasteiger partial charge in [-0.2, -0.15) is 0 Å². The summed E-state index contributed by atoms with van der Waals surface area (Å²) in [7, 11) is -1.52. The first-order valence-corrected chi connectivity index (χ1v) is 10.4. The molecule has 1 aliphatic rings. The van der Waals surface area contributed by atoms with Crippen LogP contribution in [0.3, 0.4) is 0 Å². The molecule has 8 heteroatoms. The molecule has 0 radical (unpaired) electrons. The lowest BCUT2D eigenvalue weighted by atomic mass is 10.1. The molecule has 0 aromatic heterocycles. The summed E-state index contributed by atoms with van der Waals surface area (Å²) in [5, 5.41) is 8.10. The van der Waals surface area contributed by atoms with Crippen molar-refractivity contribution in [3.8, 4) is 5.75 Å². The topological polar surface area (TPSA) is 96.5 Å². The fourth-order valence-electron chi connectivity index (χ4n) is 2.92. The number of sulfone groups is 1. The maximum absolute atomic E-state index is 12.2. The molecule has 1 fully saturated rings. The van der Waals surface area contributed by atoms with Crippen molar-refractivity contribution in [3.63, 3.8) is 0 Å². The van der Waals surface area contributed by atoms with E-state index < -0.39 is 15.1 Å². The molecule has 7 nitrogen and oxygen atoms in total. The molecule has 1 aliphatic heterocycles. The number of hydrogen-bond donors (Lipinski definition) is 3. The van der Waals surface area contributed by atoms with Gasteiger partial charge in [0.1, 0.15) is 5.75 Å². The van der Waals surface area contributed by atoms with Crippen LogP contribution in [-0.4, -0.2) is 40.4 Å². The lowest BCUT2D eigenvalue weighted by Crippen LogP contribution is -2.38. The minimum Gasteiger partial charge on any atom is -0.497 e. The van der Waals surface area contributed by atoms with Crippen molar-refractivity contribution >= 4 is 21.6 Å². The van der Waals surface area contributed by atoms with Crippen molar-refractivity contribution in [1.82, 2.24) is 10.6 Å². The molecule has 2 amide bonds. The Hall–Kier alpha value is -2.58. The number of rotatable bonds is 5. The third kappa shape index (κ3) is 4.99. The van der Waals surface area contributed by atoms with E-state index >= 15 is 0 Å². The van der Waals surface area contributed by atoms with E-state index in [1.807, 2.05) is 24.3 Å². The Bertz CT molecular complexity index is 880. The zero-order valence-corrected chi connectivity index (χ0v) is 15.9. The number of carbonyl (C=O) groups is 1. The number of nitrogens with one attached hydrogen (secondary N) is 3. The molecule has 0 saturated carbocycles. The number of hydrogen-bond acceptors (Lipinski definition) is 5. The SMILES string of the molecule is COc1ccc(CNC(=O)Nc2ccc(C3CNCCS3(=O)=O)cc2)cc1. The summed E-state index contributed by atoms with van der Waals surface area (Å²) in [6, 6.07) is 14.0. The summed E-state index contributed by atoms with van der Waals surface area (Å²) >= 11 is 0. The third-order valence-corrected chi connectivity index (χ3v) is 6.56. The highest BCUT2D eigenvalue weighted by atomic mass is 32.2. The highest BCUT2D eigenvalue weighted by Crippen LogP contribution is 2.25. The van der Waals surface area contributed by atoms with Gasteiger partial charge in [-0.05, 0) is 35.4 Å². The van der Waals surface area contributed by atoms with E-state index in [9.17, 15) is 13.2 Å². The van der Waals surface area contributed by atoms with Crippen LogP contribution in [0.2, 0.25) is 0 Å². The lowest BCUT2D eigenvalue weighted by Gasteiger charge is -2.23. The number of anilines is 1. The molecule has 3 N–H and O–H groups in total. The molecule has 1 atom stereocenters. The third-order valence-electron chi connectivity index (χ3n) is 4.48. The van der Waals surface area contributed by atoms with Gasteiger partial charge < -0.3 is 20.7 Å². The largest absolute Gasteiger partial charge is 0.497 e. The molecule has 0 spiro atoms. The summed E-state index contributed by atoms with van der Waals surface area (Å²) in [5.74, 6) is 0.907. The minimum atomic E-state index is -3.13. The maximum atomic E-state index is 12.2. The number of benzene rings is 2. The molecular formula is C19H23N3O4S. The number of ether oxygens (including phenoxy) is 1. The van der Waals surface area contributed by atoms with E-state index in [1.165, 1.54) is 0 Å². The molecule has 1 saturated heterocycles. The van der Waals surface area contributed by atoms with E-state index in [2.05, 4.69) is 16.0 Å². The van der Waals surface area contributed by atoms with E-state index in [0.29, 0.717) is 25.3 Å². The van der Waals surface area contributed by atoms with E-state index in [1.54, 1.807) is 31.4 Å². The average Bonchev–Trinajstić information content (AvgIpc) is 2.67. The Balaban J connectivity index is 1.55. The van der Waals surface area contributed by atoms with E-state index in [0.717, 1.165) is 16.9 Å². The summed E-state index contributed by atoms with van der Waals surface area (Å²) in [4.78, 5) is 12.0. The molecule has 144 valence electrons. The van der Waals surface area contributed by atoms with Crippen LogP contribution in [0, 0.1) is 0 Å². The molecule has 0 aliphatic carbocycles. The fourth-order valence-corrected chi connectivity index (χ4v) is 4.58. The van der Waals surface area contributed by atoms with Crippen molar-refractivity contribution in [2.24, 2.45) is 0 Å². The summed E-state index contributed by atoms with van der Waals surface area (Å²) < 4.78 is 29.5. The van der Waals surface area contributed by atoms with Gasteiger partial charge in [0, 0.05) is 25.3 Å². The van der Waals surface area contributed by atoms with Gasteiger partial charge in [0.25, 0.3) is 0 Å². The number of methoxy groups -OCH3 is 1. The number of amides is 2. The Kier molecular flexibility index (Phi) is 5.98. The summed E-state index contributed by atoms with van der Waals surface area (Å²) in [6.07, 6.45) is 0. The Morgan fingerprint density at radius 2 is 1.85 bits per heavy atom. The quantitative estimate of drug-likeness (QED) is 0.728. The standard InChI is InChI=1S/C19H23N3O4S/c1-26-17-8-2-14(3-9-17)12-21-19(23)22-16-6-4-15(5-7-16)18-13-20-10-11-27(18,24)25/h2-9,18,20H,10-13H2,1H3,(H2,21,22,23). The predicted molar refractivity (Wildman–Crippen MR) is 105 cm³/mol. The zero-order valence-electron chi connectivity index (χ0n) is 15.1. The van der Waals surface area contributed by atoms with Gasteiger partial charge in [-0.25, -0.2) is 13.2 Å². The van der Waals surface area contributed by atoms with Gasteiger partial charge in [0.05, 0.1) is 18.1 Å². The molecule has 3 rings (SSSR count).